The normalized spacial score (nSPS) is 30.3. The molecule has 0 spiro atoms. The van der Waals surface area contributed by atoms with Crippen molar-refractivity contribution >= 4 is 0 Å². The molecule has 0 amide bonds. The van der Waals surface area contributed by atoms with Crippen LogP contribution in [0.4, 0.5) is 0 Å². The number of β-amino-alcohol motifs (C(OH)–C–C–N with tert-alkyl or cyclic N) is 1. The molecule has 1 aliphatic heterocycles. The van der Waals surface area contributed by atoms with Crippen LogP contribution in [-0.2, 0) is 0 Å². The van der Waals surface area contributed by atoms with Crippen LogP contribution >= 0.6 is 0 Å². The largest absolute Gasteiger partial charge is 0.392 e. The molecule has 0 aromatic rings. The minimum atomic E-state index is -0.171. The molecule has 2 atom stereocenters. The van der Waals surface area contributed by atoms with Gasteiger partial charge in [0.2, 0.25) is 0 Å². The van der Waals surface area contributed by atoms with E-state index in [9.17, 15) is 5.11 Å². The fourth-order valence-corrected chi connectivity index (χ4v) is 1.77. The third-order valence-corrected chi connectivity index (χ3v) is 2.44. The molecule has 0 bridgehead atoms. The highest BCUT2D eigenvalue weighted by Crippen LogP contribution is 2.15. The lowest BCUT2D eigenvalue weighted by atomic mass is 10.0. The predicted octanol–water partition coefficient (Wildman–Crippen LogP) is 1.24. The summed E-state index contributed by atoms with van der Waals surface area (Å²) in [4.78, 5) is 2.38. The third kappa shape index (κ3) is 2.80. The lowest BCUT2D eigenvalue weighted by Gasteiger charge is -2.33. The highest BCUT2D eigenvalue weighted by atomic mass is 16.3. The van der Waals surface area contributed by atoms with E-state index < -0.39 is 0 Å². The van der Waals surface area contributed by atoms with Gasteiger partial charge in [-0.05, 0) is 33.2 Å². The maximum atomic E-state index is 9.18. The molecule has 11 heavy (non-hydrogen) atoms. The van der Waals surface area contributed by atoms with Gasteiger partial charge in [0.15, 0.2) is 0 Å². The molecule has 1 fully saturated rings. The molecule has 2 nitrogen and oxygen atoms in total. The minimum Gasteiger partial charge on any atom is -0.392 e. The summed E-state index contributed by atoms with van der Waals surface area (Å²) in [5, 5.41) is 9.18. The summed E-state index contributed by atoms with van der Waals surface area (Å²) in [6.45, 7) is 6.14. The van der Waals surface area contributed by atoms with Crippen LogP contribution in [0, 0.1) is 0 Å². The molecule has 1 rings (SSSR count). The van der Waals surface area contributed by atoms with Gasteiger partial charge in [0.05, 0.1) is 6.10 Å². The highest BCUT2D eigenvalue weighted by Gasteiger charge is 2.18. The van der Waals surface area contributed by atoms with Crippen molar-refractivity contribution in [2.45, 2.75) is 45.3 Å². The molecule has 1 heterocycles. The fraction of sp³-hybridized carbons (Fsp3) is 1.00. The summed E-state index contributed by atoms with van der Waals surface area (Å²) in [7, 11) is 0. The Kier molecular flexibility index (Phi) is 3.34. The second-order valence-electron chi connectivity index (χ2n) is 3.69. The maximum absolute atomic E-state index is 9.18. The van der Waals surface area contributed by atoms with Crippen molar-refractivity contribution in [3.8, 4) is 0 Å². The van der Waals surface area contributed by atoms with Crippen LogP contribution in [0.1, 0.15) is 33.1 Å². The van der Waals surface area contributed by atoms with E-state index in [1.54, 1.807) is 0 Å². The second-order valence-corrected chi connectivity index (χ2v) is 3.69. The Morgan fingerprint density at radius 3 is 2.82 bits per heavy atom. The zero-order valence-corrected chi connectivity index (χ0v) is 7.58. The van der Waals surface area contributed by atoms with Gasteiger partial charge in [0.1, 0.15) is 0 Å². The van der Waals surface area contributed by atoms with E-state index >= 15 is 0 Å². The van der Waals surface area contributed by atoms with Gasteiger partial charge < -0.3 is 5.11 Å². The van der Waals surface area contributed by atoms with Crippen molar-refractivity contribution in [2.24, 2.45) is 0 Å². The lowest BCUT2D eigenvalue weighted by Crippen LogP contribution is -2.41. The number of aliphatic hydroxyl groups is 1. The highest BCUT2D eigenvalue weighted by molar-refractivity contribution is 4.73. The lowest BCUT2D eigenvalue weighted by molar-refractivity contribution is 0.0832. The number of hydrogen-bond acceptors (Lipinski definition) is 2. The molecule has 0 aliphatic carbocycles. The number of likely N-dealkylation sites (tertiary alicyclic amines) is 1. The maximum Gasteiger partial charge on any atom is 0.0639 e. The first-order valence-electron chi connectivity index (χ1n) is 4.62. The van der Waals surface area contributed by atoms with Gasteiger partial charge in [-0.3, -0.25) is 4.90 Å². The van der Waals surface area contributed by atoms with Crippen molar-refractivity contribution in [2.75, 3.05) is 13.1 Å². The third-order valence-electron chi connectivity index (χ3n) is 2.44. The second kappa shape index (κ2) is 4.07. The summed E-state index contributed by atoms with van der Waals surface area (Å²) in [5.41, 5.74) is 0. The van der Waals surface area contributed by atoms with Crippen molar-refractivity contribution in [1.82, 2.24) is 4.90 Å². The summed E-state index contributed by atoms with van der Waals surface area (Å²) < 4.78 is 0. The van der Waals surface area contributed by atoms with E-state index in [0.717, 1.165) is 6.54 Å². The first-order valence-corrected chi connectivity index (χ1v) is 4.62. The van der Waals surface area contributed by atoms with Gasteiger partial charge in [0, 0.05) is 12.6 Å². The molecule has 1 aliphatic rings. The Balaban J connectivity index is 2.29. The number of aliphatic hydroxyl groups excluding tert-OH is 1. The number of hydrogen-bond donors (Lipinski definition) is 1. The molecule has 1 N–H and O–H groups in total. The molecule has 2 heteroatoms. The van der Waals surface area contributed by atoms with E-state index in [-0.39, 0.29) is 6.10 Å². The molecular formula is C9H19NO. The number of rotatable bonds is 2. The Labute approximate surface area is 69.2 Å². The van der Waals surface area contributed by atoms with Crippen LogP contribution < -0.4 is 0 Å². The summed E-state index contributed by atoms with van der Waals surface area (Å²) in [6, 6.07) is 0.679. The Hall–Kier alpha value is -0.0800. The van der Waals surface area contributed by atoms with Gasteiger partial charge in [-0.25, -0.2) is 0 Å². The average molecular weight is 157 g/mol. The topological polar surface area (TPSA) is 23.5 Å². The van der Waals surface area contributed by atoms with Crippen LogP contribution in [0.15, 0.2) is 0 Å². The quantitative estimate of drug-likeness (QED) is 0.652. The number of piperidine rings is 1. The van der Waals surface area contributed by atoms with Gasteiger partial charge in [-0.1, -0.05) is 6.42 Å². The van der Waals surface area contributed by atoms with E-state index in [1.165, 1.54) is 25.8 Å². The average Bonchev–Trinajstić information content (AvgIpc) is 1.93. The molecule has 0 aromatic heterocycles. The van der Waals surface area contributed by atoms with Crippen molar-refractivity contribution in [1.29, 1.82) is 0 Å². The standard InChI is InChI=1S/C9H19NO/c1-8-5-3-4-6-10(8)7-9(2)11/h8-9,11H,3-7H2,1-2H3/t8?,9-/m1/s1. The van der Waals surface area contributed by atoms with E-state index in [4.69, 9.17) is 0 Å². The van der Waals surface area contributed by atoms with Gasteiger partial charge in [-0.15, -0.1) is 0 Å². The summed E-state index contributed by atoms with van der Waals surface area (Å²) in [6.07, 6.45) is 3.79. The first-order chi connectivity index (χ1) is 5.20. The van der Waals surface area contributed by atoms with Gasteiger partial charge in [0.25, 0.3) is 0 Å². The molecule has 1 unspecified atom stereocenters. The van der Waals surface area contributed by atoms with E-state index in [1.807, 2.05) is 6.92 Å². The monoisotopic (exact) mass is 157 g/mol. The van der Waals surface area contributed by atoms with E-state index in [0.29, 0.717) is 6.04 Å². The Bertz CT molecular complexity index is 114. The fourth-order valence-electron chi connectivity index (χ4n) is 1.77. The van der Waals surface area contributed by atoms with Crippen molar-refractivity contribution in [3.05, 3.63) is 0 Å². The Morgan fingerprint density at radius 1 is 1.55 bits per heavy atom. The van der Waals surface area contributed by atoms with Crippen molar-refractivity contribution in [3.63, 3.8) is 0 Å². The van der Waals surface area contributed by atoms with Crippen LogP contribution in [-0.4, -0.2) is 35.2 Å². The van der Waals surface area contributed by atoms with E-state index in [2.05, 4.69) is 11.8 Å². The molecule has 1 saturated heterocycles. The summed E-state index contributed by atoms with van der Waals surface area (Å²) in [5.74, 6) is 0. The van der Waals surface area contributed by atoms with Crippen LogP contribution in [0.25, 0.3) is 0 Å². The van der Waals surface area contributed by atoms with Crippen molar-refractivity contribution < 1.29 is 5.11 Å². The number of nitrogens with zero attached hydrogens (tertiary/aromatic N) is 1. The zero-order chi connectivity index (χ0) is 8.27. The SMILES string of the molecule is CC1CCCCN1C[C@@H](C)O. The van der Waals surface area contributed by atoms with Gasteiger partial charge >= 0.3 is 0 Å². The molecule has 0 aromatic carbocycles. The minimum absolute atomic E-state index is 0.171. The first kappa shape index (κ1) is 9.01. The van der Waals surface area contributed by atoms with Crippen LogP contribution in [0.3, 0.4) is 0 Å². The van der Waals surface area contributed by atoms with Crippen LogP contribution in [0.5, 0.6) is 0 Å². The Morgan fingerprint density at radius 2 is 2.27 bits per heavy atom. The summed E-state index contributed by atoms with van der Waals surface area (Å²) >= 11 is 0. The van der Waals surface area contributed by atoms with Crippen LogP contribution in [0.2, 0.25) is 0 Å². The predicted molar refractivity (Wildman–Crippen MR) is 46.6 cm³/mol. The smallest absolute Gasteiger partial charge is 0.0639 e. The molecule has 0 saturated carbocycles. The molecular weight excluding hydrogens is 138 g/mol. The molecule has 66 valence electrons. The molecule has 0 radical (unpaired) electrons. The van der Waals surface area contributed by atoms with Gasteiger partial charge in [-0.2, -0.15) is 0 Å². The zero-order valence-electron chi connectivity index (χ0n) is 7.58.